The Labute approximate surface area is 104 Å². The Bertz CT molecular complexity index is 395. The van der Waals surface area contributed by atoms with Crippen molar-refractivity contribution < 1.29 is 4.79 Å². The van der Waals surface area contributed by atoms with E-state index in [1.54, 1.807) is 0 Å². The minimum atomic E-state index is 0.121. The SMILES string of the molecule is CCN(CC)C(=O)c1cc(N(C)C)ccc1C. The van der Waals surface area contributed by atoms with E-state index in [9.17, 15) is 4.79 Å². The standard InChI is InChI=1S/C14H22N2O/c1-6-16(7-2)14(17)13-10-12(15(4)5)9-8-11(13)3/h8-10H,6-7H2,1-5H3. The molecule has 0 radical (unpaired) electrons. The van der Waals surface area contributed by atoms with Crippen molar-refractivity contribution in [2.45, 2.75) is 20.8 Å². The molecule has 94 valence electrons. The van der Waals surface area contributed by atoms with Crippen molar-refractivity contribution >= 4 is 11.6 Å². The number of amides is 1. The average molecular weight is 234 g/mol. The molecule has 17 heavy (non-hydrogen) atoms. The number of nitrogens with zero attached hydrogens (tertiary/aromatic N) is 2. The van der Waals surface area contributed by atoms with E-state index < -0.39 is 0 Å². The van der Waals surface area contributed by atoms with Crippen LogP contribution >= 0.6 is 0 Å². The zero-order chi connectivity index (χ0) is 13.0. The molecule has 0 aliphatic carbocycles. The monoisotopic (exact) mass is 234 g/mol. The summed E-state index contributed by atoms with van der Waals surface area (Å²) in [6.07, 6.45) is 0. The topological polar surface area (TPSA) is 23.6 Å². The van der Waals surface area contributed by atoms with Crippen LogP contribution in [0.2, 0.25) is 0 Å². The van der Waals surface area contributed by atoms with Crippen molar-refractivity contribution in [2.24, 2.45) is 0 Å². The van der Waals surface area contributed by atoms with E-state index in [0.29, 0.717) is 0 Å². The highest BCUT2D eigenvalue weighted by Crippen LogP contribution is 2.19. The molecule has 1 aromatic carbocycles. The van der Waals surface area contributed by atoms with Crippen LogP contribution in [0.4, 0.5) is 5.69 Å². The molecule has 1 rings (SSSR count). The van der Waals surface area contributed by atoms with Crippen LogP contribution in [0.25, 0.3) is 0 Å². The number of hydrogen-bond acceptors (Lipinski definition) is 2. The van der Waals surface area contributed by atoms with Gasteiger partial charge in [0.2, 0.25) is 0 Å². The molecule has 1 amide bonds. The summed E-state index contributed by atoms with van der Waals surface area (Å²) in [6.45, 7) is 7.50. The quantitative estimate of drug-likeness (QED) is 0.799. The fourth-order valence-corrected chi connectivity index (χ4v) is 1.80. The van der Waals surface area contributed by atoms with Crippen molar-refractivity contribution in [3.63, 3.8) is 0 Å². The molecule has 0 aromatic heterocycles. The Morgan fingerprint density at radius 3 is 2.24 bits per heavy atom. The first-order valence-electron chi connectivity index (χ1n) is 6.08. The van der Waals surface area contributed by atoms with E-state index in [0.717, 1.165) is 29.9 Å². The predicted molar refractivity (Wildman–Crippen MR) is 72.8 cm³/mol. The number of rotatable bonds is 4. The molecule has 0 aliphatic heterocycles. The molecular weight excluding hydrogens is 212 g/mol. The van der Waals surface area contributed by atoms with Gasteiger partial charge in [0.05, 0.1) is 0 Å². The Hall–Kier alpha value is -1.51. The zero-order valence-corrected chi connectivity index (χ0v) is 11.4. The van der Waals surface area contributed by atoms with E-state index in [2.05, 4.69) is 0 Å². The maximum absolute atomic E-state index is 12.3. The Balaban J connectivity index is 3.11. The molecule has 0 bridgehead atoms. The van der Waals surface area contributed by atoms with Gasteiger partial charge in [-0.25, -0.2) is 0 Å². The van der Waals surface area contributed by atoms with E-state index in [1.165, 1.54) is 0 Å². The normalized spacial score (nSPS) is 10.2. The summed E-state index contributed by atoms with van der Waals surface area (Å²) in [5, 5.41) is 0. The van der Waals surface area contributed by atoms with Crippen LogP contribution < -0.4 is 4.90 Å². The van der Waals surface area contributed by atoms with Crippen LogP contribution in [0, 0.1) is 6.92 Å². The van der Waals surface area contributed by atoms with Crippen LogP contribution in [0.5, 0.6) is 0 Å². The van der Waals surface area contributed by atoms with Gasteiger partial charge in [-0.3, -0.25) is 4.79 Å². The second kappa shape index (κ2) is 5.71. The van der Waals surface area contributed by atoms with Crippen molar-refractivity contribution in [3.05, 3.63) is 29.3 Å². The van der Waals surface area contributed by atoms with Crippen molar-refractivity contribution in [1.29, 1.82) is 0 Å². The summed E-state index contributed by atoms with van der Waals surface area (Å²) >= 11 is 0. The lowest BCUT2D eigenvalue weighted by Gasteiger charge is -2.21. The molecule has 0 saturated heterocycles. The van der Waals surface area contributed by atoms with Gasteiger partial charge in [-0.1, -0.05) is 6.07 Å². The average Bonchev–Trinajstić information content (AvgIpc) is 2.30. The summed E-state index contributed by atoms with van der Waals surface area (Å²) in [5.74, 6) is 0.121. The molecule has 3 nitrogen and oxygen atoms in total. The molecule has 0 saturated carbocycles. The van der Waals surface area contributed by atoms with Gasteiger partial charge in [0.1, 0.15) is 0 Å². The zero-order valence-electron chi connectivity index (χ0n) is 11.4. The van der Waals surface area contributed by atoms with Crippen molar-refractivity contribution in [1.82, 2.24) is 4.90 Å². The summed E-state index contributed by atoms with van der Waals surface area (Å²) in [5.41, 5.74) is 2.90. The smallest absolute Gasteiger partial charge is 0.254 e. The van der Waals surface area contributed by atoms with Crippen LogP contribution in [0.3, 0.4) is 0 Å². The predicted octanol–water partition coefficient (Wildman–Crippen LogP) is 2.54. The number of carbonyl (C=O) groups is 1. The first-order chi connectivity index (χ1) is 8.01. The highest BCUT2D eigenvalue weighted by Gasteiger charge is 2.15. The fraction of sp³-hybridized carbons (Fsp3) is 0.500. The lowest BCUT2D eigenvalue weighted by atomic mass is 10.1. The van der Waals surface area contributed by atoms with Gasteiger partial charge in [0, 0.05) is 38.4 Å². The minimum Gasteiger partial charge on any atom is -0.378 e. The molecule has 0 aliphatic rings. The molecule has 1 aromatic rings. The van der Waals surface area contributed by atoms with Gasteiger partial charge >= 0.3 is 0 Å². The number of benzene rings is 1. The van der Waals surface area contributed by atoms with Gasteiger partial charge in [-0.2, -0.15) is 0 Å². The number of aryl methyl sites for hydroxylation is 1. The highest BCUT2D eigenvalue weighted by atomic mass is 16.2. The number of hydrogen-bond donors (Lipinski definition) is 0. The second-order valence-electron chi connectivity index (χ2n) is 4.37. The summed E-state index contributed by atoms with van der Waals surface area (Å²) in [6, 6.07) is 6.01. The number of carbonyl (C=O) groups excluding carboxylic acids is 1. The third kappa shape index (κ3) is 2.99. The largest absolute Gasteiger partial charge is 0.378 e. The fourth-order valence-electron chi connectivity index (χ4n) is 1.80. The summed E-state index contributed by atoms with van der Waals surface area (Å²) in [4.78, 5) is 16.2. The van der Waals surface area contributed by atoms with Crippen molar-refractivity contribution in [3.8, 4) is 0 Å². The third-order valence-corrected chi connectivity index (χ3v) is 3.02. The summed E-state index contributed by atoms with van der Waals surface area (Å²) in [7, 11) is 3.96. The van der Waals surface area contributed by atoms with E-state index in [-0.39, 0.29) is 5.91 Å². The van der Waals surface area contributed by atoms with E-state index >= 15 is 0 Å². The molecule has 0 fully saturated rings. The highest BCUT2D eigenvalue weighted by molar-refractivity contribution is 5.96. The van der Waals surface area contributed by atoms with Crippen LogP contribution in [-0.2, 0) is 0 Å². The summed E-state index contributed by atoms with van der Waals surface area (Å²) < 4.78 is 0. The molecule has 0 spiro atoms. The first-order valence-corrected chi connectivity index (χ1v) is 6.08. The Morgan fingerprint density at radius 1 is 1.18 bits per heavy atom. The van der Waals surface area contributed by atoms with Crippen molar-refractivity contribution in [2.75, 3.05) is 32.1 Å². The van der Waals surface area contributed by atoms with Gasteiger partial charge in [0.25, 0.3) is 5.91 Å². The maximum atomic E-state index is 12.3. The minimum absolute atomic E-state index is 0.121. The Kier molecular flexibility index (Phi) is 4.55. The van der Waals surface area contributed by atoms with Crippen LogP contribution in [-0.4, -0.2) is 38.0 Å². The third-order valence-electron chi connectivity index (χ3n) is 3.02. The molecule has 3 heteroatoms. The molecule has 0 unspecified atom stereocenters. The molecule has 0 atom stereocenters. The molecule has 0 N–H and O–H groups in total. The first kappa shape index (κ1) is 13.6. The molecular formula is C14H22N2O. The Morgan fingerprint density at radius 2 is 1.76 bits per heavy atom. The second-order valence-corrected chi connectivity index (χ2v) is 4.37. The van der Waals surface area contributed by atoms with Gasteiger partial charge in [-0.15, -0.1) is 0 Å². The van der Waals surface area contributed by atoms with Gasteiger partial charge in [0.15, 0.2) is 0 Å². The lowest BCUT2D eigenvalue weighted by Crippen LogP contribution is -2.31. The maximum Gasteiger partial charge on any atom is 0.254 e. The van der Waals surface area contributed by atoms with Gasteiger partial charge < -0.3 is 9.80 Å². The van der Waals surface area contributed by atoms with Crippen LogP contribution in [0.15, 0.2) is 18.2 Å². The molecule has 0 heterocycles. The van der Waals surface area contributed by atoms with Gasteiger partial charge in [-0.05, 0) is 38.5 Å². The van der Waals surface area contributed by atoms with E-state index in [1.807, 2.05) is 62.9 Å². The van der Waals surface area contributed by atoms with Crippen LogP contribution in [0.1, 0.15) is 29.8 Å². The number of anilines is 1. The van der Waals surface area contributed by atoms with E-state index in [4.69, 9.17) is 0 Å². The lowest BCUT2D eigenvalue weighted by molar-refractivity contribution is 0.0772.